The molecule has 1 aliphatic rings. The fourth-order valence-corrected chi connectivity index (χ4v) is 4.79. The van der Waals surface area contributed by atoms with Gasteiger partial charge in [-0.25, -0.2) is 8.42 Å². The molecule has 0 spiro atoms. The maximum absolute atomic E-state index is 12.8. The Balaban J connectivity index is 2.15. The Morgan fingerprint density at radius 1 is 1.30 bits per heavy atom. The Morgan fingerprint density at radius 2 is 2.00 bits per heavy atom. The SMILES string of the molecule is Cc1nn(C)c(Cl)c1S(=O)(=O)N1CCc2ccccc21. The largest absolute Gasteiger partial charge is 0.269 e. The second-order valence-electron chi connectivity index (χ2n) is 4.78. The zero-order valence-electron chi connectivity index (χ0n) is 11.2. The molecule has 3 rings (SSSR count). The Hall–Kier alpha value is -1.53. The van der Waals surface area contributed by atoms with Crippen molar-refractivity contribution in [3.05, 3.63) is 40.7 Å². The number of aryl methyl sites for hydroxylation is 2. The van der Waals surface area contributed by atoms with E-state index in [0.717, 1.165) is 11.3 Å². The molecule has 106 valence electrons. The molecule has 1 aliphatic heterocycles. The van der Waals surface area contributed by atoms with E-state index < -0.39 is 10.0 Å². The van der Waals surface area contributed by atoms with Crippen molar-refractivity contribution in [2.45, 2.75) is 18.2 Å². The summed E-state index contributed by atoms with van der Waals surface area (Å²) in [6.07, 6.45) is 0.715. The molecule has 0 saturated carbocycles. The van der Waals surface area contributed by atoms with Gasteiger partial charge in [0.25, 0.3) is 10.0 Å². The van der Waals surface area contributed by atoms with Crippen molar-refractivity contribution in [2.75, 3.05) is 10.8 Å². The first kappa shape index (κ1) is 13.5. The van der Waals surface area contributed by atoms with Gasteiger partial charge in [0.1, 0.15) is 10.0 Å². The van der Waals surface area contributed by atoms with E-state index in [1.54, 1.807) is 14.0 Å². The van der Waals surface area contributed by atoms with Crippen LogP contribution in [0.2, 0.25) is 5.15 Å². The summed E-state index contributed by atoms with van der Waals surface area (Å²) in [7, 11) is -2.04. The molecule has 0 saturated heterocycles. The summed E-state index contributed by atoms with van der Waals surface area (Å²) >= 11 is 6.10. The number of sulfonamides is 1. The number of halogens is 1. The molecule has 0 N–H and O–H groups in total. The van der Waals surface area contributed by atoms with Gasteiger partial charge < -0.3 is 0 Å². The monoisotopic (exact) mass is 311 g/mol. The van der Waals surface area contributed by atoms with Crippen molar-refractivity contribution in [1.82, 2.24) is 9.78 Å². The van der Waals surface area contributed by atoms with E-state index in [0.29, 0.717) is 18.7 Å². The highest BCUT2D eigenvalue weighted by Gasteiger charge is 2.35. The predicted molar refractivity (Wildman–Crippen MR) is 77.6 cm³/mol. The molecule has 2 heterocycles. The summed E-state index contributed by atoms with van der Waals surface area (Å²) in [6, 6.07) is 7.52. The van der Waals surface area contributed by atoms with E-state index in [1.165, 1.54) is 8.99 Å². The molecule has 0 atom stereocenters. The Labute approximate surface area is 122 Å². The van der Waals surface area contributed by atoms with Crippen LogP contribution in [-0.4, -0.2) is 24.7 Å². The minimum atomic E-state index is -3.67. The zero-order valence-corrected chi connectivity index (χ0v) is 12.7. The van der Waals surface area contributed by atoms with Crippen LogP contribution in [0.3, 0.4) is 0 Å². The van der Waals surface area contributed by atoms with Crippen LogP contribution in [0.15, 0.2) is 29.2 Å². The molecule has 7 heteroatoms. The van der Waals surface area contributed by atoms with E-state index >= 15 is 0 Å². The zero-order chi connectivity index (χ0) is 14.5. The molecule has 0 amide bonds. The second-order valence-corrected chi connectivity index (χ2v) is 6.94. The molecule has 20 heavy (non-hydrogen) atoms. The Kier molecular flexibility index (Phi) is 3.02. The maximum atomic E-state index is 12.8. The lowest BCUT2D eigenvalue weighted by Crippen LogP contribution is -2.29. The van der Waals surface area contributed by atoms with Gasteiger partial charge in [0.05, 0.1) is 11.4 Å². The molecule has 0 unspecified atom stereocenters. The molecule has 0 bridgehead atoms. The van der Waals surface area contributed by atoms with Gasteiger partial charge in [0, 0.05) is 13.6 Å². The fourth-order valence-electron chi connectivity index (χ4n) is 2.57. The first-order valence-corrected chi connectivity index (χ1v) is 8.04. The molecular weight excluding hydrogens is 298 g/mol. The van der Waals surface area contributed by atoms with E-state index in [-0.39, 0.29) is 10.0 Å². The van der Waals surface area contributed by atoms with Gasteiger partial charge >= 0.3 is 0 Å². The molecule has 2 aromatic rings. The smallest absolute Gasteiger partial charge is 0.266 e. The second kappa shape index (κ2) is 4.49. The summed E-state index contributed by atoms with van der Waals surface area (Å²) in [5.41, 5.74) is 2.18. The minimum Gasteiger partial charge on any atom is -0.266 e. The van der Waals surface area contributed by atoms with Gasteiger partial charge in [-0.1, -0.05) is 29.8 Å². The maximum Gasteiger partial charge on any atom is 0.269 e. The highest BCUT2D eigenvalue weighted by atomic mass is 35.5. The summed E-state index contributed by atoms with van der Waals surface area (Å²) in [5, 5.41) is 4.23. The predicted octanol–water partition coefficient (Wildman–Crippen LogP) is 2.13. The van der Waals surface area contributed by atoms with Gasteiger partial charge in [-0.3, -0.25) is 8.99 Å². The first-order valence-electron chi connectivity index (χ1n) is 6.22. The van der Waals surface area contributed by atoms with Crippen LogP contribution in [-0.2, 0) is 23.5 Å². The standard InChI is InChI=1S/C13H14ClN3O2S/c1-9-12(13(14)16(2)15-9)20(18,19)17-8-7-10-5-3-4-6-11(10)17/h3-6H,7-8H2,1-2H3. The van der Waals surface area contributed by atoms with Crippen LogP contribution in [0.4, 0.5) is 5.69 Å². The molecule has 1 aromatic heterocycles. The number of fused-ring (bicyclic) bond motifs is 1. The number of anilines is 1. The molecule has 5 nitrogen and oxygen atoms in total. The van der Waals surface area contributed by atoms with Gasteiger partial charge in [-0.05, 0) is 25.0 Å². The first-order chi connectivity index (χ1) is 9.43. The molecule has 0 fully saturated rings. The van der Waals surface area contributed by atoms with Crippen molar-refractivity contribution in [2.24, 2.45) is 7.05 Å². The van der Waals surface area contributed by atoms with Crippen LogP contribution in [0.25, 0.3) is 0 Å². The third kappa shape index (κ3) is 1.83. The lowest BCUT2D eigenvalue weighted by atomic mass is 10.2. The number of hydrogen-bond acceptors (Lipinski definition) is 3. The minimum absolute atomic E-state index is 0.0957. The molecular formula is C13H14ClN3O2S. The summed E-state index contributed by atoms with van der Waals surface area (Å²) < 4.78 is 28.5. The van der Waals surface area contributed by atoms with Crippen LogP contribution < -0.4 is 4.31 Å². The van der Waals surface area contributed by atoms with Crippen LogP contribution in [0.1, 0.15) is 11.3 Å². The molecule has 0 aliphatic carbocycles. The molecule has 0 radical (unpaired) electrons. The van der Waals surface area contributed by atoms with E-state index in [9.17, 15) is 8.42 Å². The van der Waals surface area contributed by atoms with Crippen molar-refractivity contribution in [3.8, 4) is 0 Å². The van der Waals surface area contributed by atoms with Crippen LogP contribution >= 0.6 is 11.6 Å². The topological polar surface area (TPSA) is 55.2 Å². The lowest BCUT2D eigenvalue weighted by Gasteiger charge is -2.19. The number of rotatable bonds is 2. The highest BCUT2D eigenvalue weighted by molar-refractivity contribution is 7.93. The highest BCUT2D eigenvalue weighted by Crippen LogP contribution is 2.35. The summed E-state index contributed by atoms with van der Waals surface area (Å²) in [6.45, 7) is 2.09. The lowest BCUT2D eigenvalue weighted by molar-refractivity contribution is 0.591. The van der Waals surface area contributed by atoms with Crippen molar-refractivity contribution < 1.29 is 8.42 Å². The van der Waals surface area contributed by atoms with Crippen molar-refractivity contribution >= 4 is 27.3 Å². The normalized spacial score (nSPS) is 14.7. The van der Waals surface area contributed by atoms with E-state index in [4.69, 9.17) is 11.6 Å². The number of aromatic nitrogens is 2. The van der Waals surface area contributed by atoms with Crippen LogP contribution in [0, 0.1) is 6.92 Å². The number of para-hydroxylation sites is 1. The number of nitrogens with zero attached hydrogens (tertiary/aromatic N) is 3. The quantitative estimate of drug-likeness (QED) is 0.854. The summed E-state index contributed by atoms with van der Waals surface area (Å²) in [4.78, 5) is 0.0957. The van der Waals surface area contributed by atoms with Gasteiger partial charge in [0.2, 0.25) is 0 Å². The molecule has 1 aromatic carbocycles. The van der Waals surface area contributed by atoms with Crippen LogP contribution in [0.5, 0.6) is 0 Å². The van der Waals surface area contributed by atoms with E-state index in [1.807, 2.05) is 24.3 Å². The number of hydrogen-bond donors (Lipinski definition) is 0. The average Bonchev–Trinajstić information content (AvgIpc) is 2.92. The van der Waals surface area contributed by atoms with Gasteiger partial charge in [-0.15, -0.1) is 0 Å². The Bertz CT molecular complexity index is 783. The Morgan fingerprint density at radius 3 is 2.65 bits per heavy atom. The third-order valence-electron chi connectivity index (χ3n) is 3.49. The fraction of sp³-hybridized carbons (Fsp3) is 0.308. The van der Waals surface area contributed by atoms with Gasteiger partial charge in [0.15, 0.2) is 0 Å². The van der Waals surface area contributed by atoms with Crippen molar-refractivity contribution in [1.29, 1.82) is 0 Å². The summed E-state index contributed by atoms with van der Waals surface area (Å²) in [5.74, 6) is 0. The number of benzene rings is 1. The third-order valence-corrected chi connectivity index (χ3v) is 6.00. The average molecular weight is 312 g/mol. The van der Waals surface area contributed by atoms with Gasteiger partial charge in [-0.2, -0.15) is 5.10 Å². The van der Waals surface area contributed by atoms with Crippen molar-refractivity contribution in [3.63, 3.8) is 0 Å². The van der Waals surface area contributed by atoms with E-state index in [2.05, 4.69) is 5.10 Å².